The molecule has 1 rings (SSSR count). The molecule has 0 saturated carbocycles. The van der Waals surface area contributed by atoms with Crippen LogP contribution >= 0.6 is 0 Å². The van der Waals surface area contributed by atoms with Crippen molar-refractivity contribution < 1.29 is 0 Å². The second-order valence-corrected chi connectivity index (χ2v) is 3.44. The SMILES string of the molecule is CN=CC(=CN)c1ccc(N)c(C(C)=N)c1. The van der Waals surface area contributed by atoms with Crippen LogP contribution < -0.4 is 11.5 Å². The van der Waals surface area contributed by atoms with Crippen LogP contribution in [0.15, 0.2) is 29.4 Å². The first-order valence-corrected chi connectivity index (χ1v) is 4.89. The van der Waals surface area contributed by atoms with E-state index in [9.17, 15) is 0 Å². The molecular formula is C12H16N4. The summed E-state index contributed by atoms with van der Waals surface area (Å²) in [4.78, 5) is 3.92. The number of nitrogens with one attached hydrogen (secondary N) is 1. The van der Waals surface area contributed by atoms with Crippen molar-refractivity contribution in [3.63, 3.8) is 0 Å². The molecule has 84 valence electrons. The molecule has 1 aromatic carbocycles. The van der Waals surface area contributed by atoms with Crippen LogP contribution in [0.5, 0.6) is 0 Å². The van der Waals surface area contributed by atoms with Gasteiger partial charge in [-0.1, -0.05) is 6.07 Å². The van der Waals surface area contributed by atoms with E-state index in [-0.39, 0.29) is 0 Å². The fourth-order valence-corrected chi connectivity index (χ4v) is 1.41. The van der Waals surface area contributed by atoms with Gasteiger partial charge in [0.05, 0.1) is 0 Å². The minimum atomic E-state index is 0.434. The molecule has 0 aliphatic rings. The van der Waals surface area contributed by atoms with Crippen molar-refractivity contribution in [3.05, 3.63) is 35.5 Å². The monoisotopic (exact) mass is 216 g/mol. The van der Waals surface area contributed by atoms with Gasteiger partial charge in [-0.15, -0.1) is 0 Å². The second kappa shape index (κ2) is 5.11. The molecule has 0 aliphatic carbocycles. The van der Waals surface area contributed by atoms with Crippen LogP contribution in [0.1, 0.15) is 18.1 Å². The number of aliphatic imine (C=N–C) groups is 1. The van der Waals surface area contributed by atoms with E-state index in [4.69, 9.17) is 16.9 Å². The van der Waals surface area contributed by atoms with E-state index in [1.54, 1.807) is 26.3 Å². The van der Waals surface area contributed by atoms with Crippen molar-refractivity contribution in [2.45, 2.75) is 6.92 Å². The first kappa shape index (κ1) is 12.0. The highest BCUT2D eigenvalue weighted by Crippen LogP contribution is 2.19. The molecule has 0 aromatic heterocycles. The van der Waals surface area contributed by atoms with Crippen LogP contribution in [0.2, 0.25) is 0 Å². The summed E-state index contributed by atoms with van der Waals surface area (Å²) >= 11 is 0. The van der Waals surface area contributed by atoms with Crippen molar-refractivity contribution in [1.29, 1.82) is 5.41 Å². The molecule has 0 saturated heterocycles. The Balaban J connectivity index is 3.27. The quantitative estimate of drug-likeness (QED) is 0.530. The van der Waals surface area contributed by atoms with Crippen LogP contribution in [0, 0.1) is 5.41 Å². The van der Waals surface area contributed by atoms with Crippen molar-refractivity contribution in [1.82, 2.24) is 0 Å². The van der Waals surface area contributed by atoms with E-state index in [1.807, 2.05) is 12.1 Å². The van der Waals surface area contributed by atoms with Crippen LogP contribution in [0.4, 0.5) is 5.69 Å². The maximum absolute atomic E-state index is 7.61. The van der Waals surface area contributed by atoms with Gasteiger partial charge in [0.25, 0.3) is 0 Å². The van der Waals surface area contributed by atoms with Crippen LogP contribution in [0.3, 0.4) is 0 Å². The van der Waals surface area contributed by atoms with Gasteiger partial charge in [-0.2, -0.15) is 0 Å². The van der Waals surface area contributed by atoms with Gasteiger partial charge < -0.3 is 16.9 Å². The van der Waals surface area contributed by atoms with E-state index in [0.29, 0.717) is 11.4 Å². The molecule has 4 nitrogen and oxygen atoms in total. The molecular weight excluding hydrogens is 200 g/mol. The molecule has 0 atom stereocenters. The van der Waals surface area contributed by atoms with Crippen molar-refractivity contribution in [3.8, 4) is 0 Å². The summed E-state index contributed by atoms with van der Waals surface area (Å²) in [6.07, 6.45) is 3.16. The average Bonchev–Trinajstić information content (AvgIpc) is 2.26. The van der Waals surface area contributed by atoms with Gasteiger partial charge in [0.1, 0.15) is 0 Å². The van der Waals surface area contributed by atoms with E-state index in [0.717, 1.165) is 16.7 Å². The summed E-state index contributed by atoms with van der Waals surface area (Å²) in [5, 5.41) is 7.61. The van der Waals surface area contributed by atoms with Gasteiger partial charge in [-0.25, -0.2) is 0 Å². The van der Waals surface area contributed by atoms with Crippen molar-refractivity contribution in [2.24, 2.45) is 10.7 Å². The lowest BCUT2D eigenvalue weighted by molar-refractivity contribution is 1.44. The number of hydrogen-bond acceptors (Lipinski definition) is 4. The number of hydrogen-bond donors (Lipinski definition) is 3. The van der Waals surface area contributed by atoms with E-state index >= 15 is 0 Å². The number of rotatable bonds is 3. The maximum atomic E-state index is 7.61. The third-order valence-corrected chi connectivity index (χ3v) is 2.24. The fourth-order valence-electron chi connectivity index (χ4n) is 1.41. The van der Waals surface area contributed by atoms with Crippen molar-refractivity contribution in [2.75, 3.05) is 12.8 Å². The Morgan fingerprint density at radius 2 is 2.12 bits per heavy atom. The number of nitrogens with zero attached hydrogens (tertiary/aromatic N) is 1. The standard InChI is InChI=1S/C12H16N4/c1-8(14)11-5-9(3-4-12(11)15)10(6-13)7-16-2/h3-7,14H,13,15H2,1-2H3. The van der Waals surface area contributed by atoms with Gasteiger partial charge in [-0.3, -0.25) is 4.99 Å². The molecule has 5 N–H and O–H groups in total. The first-order chi connectivity index (χ1) is 7.60. The van der Waals surface area contributed by atoms with Crippen molar-refractivity contribution >= 4 is 23.2 Å². The minimum Gasteiger partial charge on any atom is -0.404 e. The molecule has 0 unspecified atom stereocenters. The summed E-state index contributed by atoms with van der Waals surface area (Å²) in [5.74, 6) is 0. The smallest absolute Gasteiger partial charge is 0.0406 e. The Morgan fingerprint density at radius 3 is 2.62 bits per heavy atom. The van der Waals surface area contributed by atoms with E-state index in [1.165, 1.54) is 6.20 Å². The predicted molar refractivity (Wildman–Crippen MR) is 69.9 cm³/mol. The number of nitrogen functional groups attached to an aromatic ring is 1. The van der Waals surface area contributed by atoms with Crippen LogP contribution in [0.25, 0.3) is 5.57 Å². The highest BCUT2D eigenvalue weighted by Gasteiger charge is 2.05. The maximum Gasteiger partial charge on any atom is 0.0406 e. The Morgan fingerprint density at radius 1 is 1.44 bits per heavy atom. The summed E-state index contributed by atoms with van der Waals surface area (Å²) < 4.78 is 0. The highest BCUT2D eigenvalue weighted by molar-refractivity contribution is 6.11. The molecule has 0 amide bonds. The summed E-state index contributed by atoms with van der Waals surface area (Å²) in [5.41, 5.74) is 14.8. The van der Waals surface area contributed by atoms with E-state index < -0.39 is 0 Å². The zero-order valence-corrected chi connectivity index (χ0v) is 9.49. The molecule has 1 aromatic rings. The molecule has 0 aliphatic heterocycles. The Labute approximate surface area is 95.2 Å². The Kier molecular flexibility index (Phi) is 3.83. The number of allylic oxidation sites excluding steroid dienone is 1. The topological polar surface area (TPSA) is 88.2 Å². The van der Waals surface area contributed by atoms with Gasteiger partial charge in [0.2, 0.25) is 0 Å². The number of anilines is 1. The molecule has 0 radical (unpaired) electrons. The molecule has 0 bridgehead atoms. The summed E-state index contributed by atoms with van der Waals surface area (Å²) in [6.45, 7) is 1.70. The number of nitrogens with two attached hydrogens (primary N) is 2. The minimum absolute atomic E-state index is 0.434. The second-order valence-electron chi connectivity index (χ2n) is 3.44. The third kappa shape index (κ3) is 2.48. The zero-order chi connectivity index (χ0) is 12.1. The van der Waals surface area contributed by atoms with Gasteiger partial charge in [0.15, 0.2) is 0 Å². The largest absolute Gasteiger partial charge is 0.404 e. The predicted octanol–water partition coefficient (Wildman–Crippen LogP) is 1.66. The molecule has 16 heavy (non-hydrogen) atoms. The van der Waals surface area contributed by atoms with Gasteiger partial charge >= 0.3 is 0 Å². The first-order valence-electron chi connectivity index (χ1n) is 4.89. The van der Waals surface area contributed by atoms with E-state index in [2.05, 4.69) is 4.99 Å². The molecule has 0 spiro atoms. The zero-order valence-electron chi connectivity index (χ0n) is 9.49. The lowest BCUT2D eigenvalue weighted by Gasteiger charge is -2.07. The lowest BCUT2D eigenvalue weighted by Crippen LogP contribution is -2.01. The molecule has 0 fully saturated rings. The highest BCUT2D eigenvalue weighted by atomic mass is 14.6. The summed E-state index contributed by atoms with van der Waals surface area (Å²) in [7, 11) is 1.68. The number of benzene rings is 1. The summed E-state index contributed by atoms with van der Waals surface area (Å²) in [6, 6.07) is 5.48. The molecule has 0 heterocycles. The Bertz CT molecular complexity index is 458. The van der Waals surface area contributed by atoms with Crippen LogP contribution in [-0.4, -0.2) is 19.0 Å². The lowest BCUT2D eigenvalue weighted by atomic mass is 10.0. The van der Waals surface area contributed by atoms with Crippen LogP contribution in [-0.2, 0) is 0 Å². The van der Waals surface area contributed by atoms with Gasteiger partial charge in [-0.05, 0) is 24.6 Å². The normalized spacial score (nSPS) is 12.0. The van der Waals surface area contributed by atoms with Gasteiger partial charge in [0, 0.05) is 42.0 Å². The Hall–Kier alpha value is -2.10. The fraction of sp³-hybridized carbons (Fsp3) is 0.167. The third-order valence-electron chi connectivity index (χ3n) is 2.24. The molecule has 4 heteroatoms. The average molecular weight is 216 g/mol.